The minimum atomic E-state index is -0.506. The lowest BCUT2D eigenvalue weighted by Crippen LogP contribution is -2.20. The average Bonchev–Trinajstić information content (AvgIpc) is 3.06. The van der Waals surface area contributed by atoms with Crippen LogP contribution in [0, 0.1) is 10.1 Å². The summed E-state index contributed by atoms with van der Waals surface area (Å²) in [7, 11) is 0. The van der Waals surface area contributed by atoms with Gasteiger partial charge in [-0.05, 0) is 38.1 Å². The molecule has 3 rings (SSSR count). The number of nitro benzene ring substituents is 1. The van der Waals surface area contributed by atoms with Crippen LogP contribution in [0.4, 0.5) is 5.69 Å². The number of para-hydroxylation sites is 1. The quantitative estimate of drug-likeness (QED) is 0.317. The molecule has 3 aromatic rings. The van der Waals surface area contributed by atoms with Gasteiger partial charge in [0.2, 0.25) is 0 Å². The molecule has 0 radical (unpaired) electrons. The van der Waals surface area contributed by atoms with Crippen LogP contribution in [0.25, 0.3) is 10.2 Å². The fourth-order valence-electron chi connectivity index (χ4n) is 2.84. The Bertz CT molecular complexity index is 1090. The Labute approximate surface area is 171 Å². The maximum Gasteiger partial charge on any atom is 0.279 e. The van der Waals surface area contributed by atoms with Crippen molar-refractivity contribution in [3.05, 3.63) is 62.9 Å². The summed E-state index contributed by atoms with van der Waals surface area (Å²) in [6, 6.07) is 11.2. The number of fused-ring (bicyclic) bond motifs is 1. The summed E-state index contributed by atoms with van der Waals surface area (Å²) in [5.74, 6) is 0.261. The van der Waals surface area contributed by atoms with E-state index in [1.807, 2.05) is 36.6 Å². The minimum absolute atomic E-state index is 0.0726. The van der Waals surface area contributed by atoms with Gasteiger partial charge in [-0.3, -0.25) is 14.9 Å². The third-order valence-electron chi connectivity index (χ3n) is 4.15. The number of thiazole rings is 1. The van der Waals surface area contributed by atoms with Crippen molar-refractivity contribution in [3.8, 4) is 5.75 Å². The molecule has 9 heteroatoms. The molecule has 8 nitrogen and oxygen atoms in total. The number of carbonyl (C=O) groups is 1. The highest BCUT2D eigenvalue weighted by atomic mass is 32.1. The molecule has 0 aliphatic heterocycles. The van der Waals surface area contributed by atoms with Crippen LogP contribution in [-0.2, 0) is 11.3 Å². The molecule has 0 spiro atoms. The summed E-state index contributed by atoms with van der Waals surface area (Å²) in [5.41, 5.74) is 1.08. The number of carbonyl (C=O) groups excluding carboxylic acids is 1. The van der Waals surface area contributed by atoms with E-state index < -0.39 is 10.8 Å². The second-order valence-electron chi connectivity index (χ2n) is 5.99. The zero-order valence-electron chi connectivity index (χ0n) is 16.2. The van der Waals surface area contributed by atoms with Gasteiger partial charge >= 0.3 is 0 Å². The van der Waals surface area contributed by atoms with E-state index in [2.05, 4.69) is 4.99 Å². The van der Waals surface area contributed by atoms with E-state index in [0.29, 0.717) is 31.2 Å². The van der Waals surface area contributed by atoms with Gasteiger partial charge in [0.15, 0.2) is 4.80 Å². The first-order chi connectivity index (χ1) is 14.0. The second-order valence-corrected chi connectivity index (χ2v) is 7.00. The Morgan fingerprint density at radius 3 is 2.59 bits per heavy atom. The molecule has 1 aromatic heterocycles. The summed E-state index contributed by atoms with van der Waals surface area (Å²) in [6.07, 6.45) is 0. The topological polar surface area (TPSA) is 96.0 Å². The van der Waals surface area contributed by atoms with Crippen LogP contribution in [0.5, 0.6) is 5.75 Å². The number of hydrogen-bond acceptors (Lipinski definition) is 6. The lowest BCUT2D eigenvalue weighted by atomic mass is 10.2. The molecular weight excluding hydrogens is 394 g/mol. The zero-order chi connectivity index (χ0) is 20.8. The largest absolute Gasteiger partial charge is 0.492 e. The third kappa shape index (κ3) is 4.69. The van der Waals surface area contributed by atoms with Gasteiger partial charge < -0.3 is 14.0 Å². The summed E-state index contributed by atoms with van der Waals surface area (Å²) in [5, 5.41) is 10.8. The van der Waals surface area contributed by atoms with Crippen molar-refractivity contribution in [2.24, 2.45) is 4.99 Å². The average molecular weight is 415 g/mol. The molecule has 2 aromatic carbocycles. The fourth-order valence-corrected chi connectivity index (χ4v) is 3.91. The second kappa shape index (κ2) is 9.44. The molecule has 0 bridgehead atoms. The summed E-state index contributed by atoms with van der Waals surface area (Å²) in [4.78, 5) is 27.8. The molecule has 152 valence electrons. The predicted molar refractivity (Wildman–Crippen MR) is 110 cm³/mol. The molecule has 0 aliphatic rings. The van der Waals surface area contributed by atoms with E-state index >= 15 is 0 Å². The van der Waals surface area contributed by atoms with Crippen LogP contribution in [-0.4, -0.2) is 35.2 Å². The first-order valence-corrected chi connectivity index (χ1v) is 10.0. The maximum atomic E-state index is 12.7. The van der Waals surface area contributed by atoms with E-state index in [-0.39, 0.29) is 11.3 Å². The summed E-state index contributed by atoms with van der Waals surface area (Å²) in [6.45, 7) is 5.94. The first-order valence-electron chi connectivity index (χ1n) is 9.21. The molecule has 29 heavy (non-hydrogen) atoms. The molecule has 0 saturated carbocycles. The Hall–Kier alpha value is -3.04. The highest BCUT2D eigenvalue weighted by Gasteiger charge is 2.14. The van der Waals surface area contributed by atoms with Crippen molar-refractivity contribution in [1.29, 1.82) is 0 Å². The first kappa shape index (κ1) is 20.7. The summed E-state index contributed by atoms with van der Waals surface area (Å²) < 4.78 is 14.1. The van der Waals surface area contributed by atoms with E-state index in [1.54, 1.807) is 0 Å². The number of amides is 1. The van der Waals surface area contributed by atoms with Crippen molar-refractivity contribution < 1.29 is 19.2 Å². The van der Waals surface area contributed by atoms with Crippen LogP contribution in [0.15, 0.2) is 47.5 Å². The van der Waals surface area contributed by atoms with Crippen LogP contribution in [0.1, 0.15) is 24.2 Å². The van der Waals surface area contributed by atoms with Gasteiger partial charge in [-0.15, -0.1) is 0 Å². The Kier molecular flexibility index (Phi) is 6.73. The van der Waals surface area contributed by atoms with Crippen LogP contribution in [0.2, 0.25) is 0 Å². The van der Waals surface area contributed by atoms with Gasteiger partial charge in [0.1, 0.15) is 11.3 Å². The molecule has 0 fully saturated rings. The van der Waals surface area contributed by atoms with Crippen LogP contribution in [0.3, 0.4) is 0 Å². The molecule has 1 heterocycles. The standard InChI is InChI=1S/C20H21N3O5S/c1-3-27-13-12-22-18-16(28-4-2)6-5-7-17(18)29-20(22)21-19(24)14-8-10-15(11-9-14)23(25)26/h5-11H,3-4,12-13H2,1-2H3. The van der Waals surface area contributed by atoms with Gasteiger partial charge in [-0.25, -0.2) is 0 Å². The Morgan fingerprint density at radius 1 is 1.17 bits per heavy atom. The van der Waals surface area contributed by atoms with Crippen molar-refractivity contribution in [2.75, 3.05) is 19.8 Å². The van der Waals surface area contributed by atoms with E-state index in [4.69, 9.17) is 9.47 Å². The zero-order valence-corrected chi connectivity index (χ0v) is 17.0. The monoisotopic (exact) mass is 415 g/mol. The third-order valence-corrected chi connectivity index (χ3v) is 5.19. The van der Waals surface area contributed by atoms with Gasteiger partial charge in [0.25, 0.3) is 11.6 Å². The number of aromatic nitrogens is 1. The SMILES string of the molecule is CCOCCn1c(=NC(=O)c2ccc([N+](=O)[O-])cc2)sc2cccc(OCC)c21. The highest BCUT2D eigenvalue weighted by molar-refractivity contribution is 7.16. The Morgan fingerprint density at radius 2 is 1.93 bits per heavy atom. The van der Waals surface area contributed by atoms with Crippen LogP contribution < -0.4 is 9.54 Å². The number of non-ortho nitro benzene ring substituents is 1. The van der Waals surface area contributed by atoms with E-state index in [1.165, 1.54) is 35.6 Å². The molecule has 0 N–H and O–H groups in total. The number of rotatable bonds is 8. The number of nitro groups is 1. The van der Waals surface area contributed by atoms with Crippen molar-refractivity contribution in [1.82, 2.24) is 4.57 Å². The fraction of sp³-hybridized carbons (Fsp3) is 0.300. The Balaban J connectivity index is 2.06. The van der Waals surface area contributed by atoms with Gasteiger partial charge in [-0.1, -0.05) is 17.4 Å². The minimum Gasteiger partial charge on any atom is -0.492 e. The highest BCUT2D eigenvalue weighted by Crippen LogP contribution is 2.27. The lowest BCUT2D eigenvalue weighted by molar-refractivity contribution is -0.384. The number of benzene rings is 2. The van der Waals surface area contributed by atoms with Gasteiger partial charge in [0, 0.05) is 30.8 Å². The number of nitrogens with zero attached hydrogens (tertiary/aromatic N) is 3. The van der Waals surface area contributed by atoms with E-state index in [0.717, 1.165) is 16.0 Å². The number of hydrogen-bond donors (Lipinski definition) is 0. The molecule has 0 aliphatic carbocycles. The molecule has 0 atom stereocenters. The molecule has 0 saturated heterocycles. The predicted octanol–water partition coefficient (Wildman–Crippen LogP) is 3.79. The van der Waals surface area contributed by atoms with Crippen molar-refractivity contribution in [2.45, 2.75) is 20.4 Å². The van der Waals surface area contributed by atoms with Gasteiger partial charge in [0.05, 0.1) is 22.8 Å². The van der Waals surface area contributed by atoms with Crippen molar-refractivity contribution >= 4 is 33.1 Å². The van der Waals surface area contributed by atoms with E-state index in [9.17, 15) is 14.9 Å². The number of ether oxygens (including phenoxy) is 2. The van der Waals surface area contributed by atoms with Crippen LogP contribution >= 0.6 is 11.3 Å². The molecule has 1 amide bonds. The molecular formula is C20H21N3O5S. The maximum absolute atomic E-state index is 12.7. The normalized spacial score (nSPS) is 11.7. The summed E-state index contributed by atoms with van der Waals surface area (Å²) >= 11 is 1.38. The lowest BCUT2D eigenvalue weighted by Gasteiger charge is -2.09. The smallest absolute Gasteiger partial charge is 0.279 e. The molecule has 0 unspecified atom stereocenters. The van der Waals surface area contributed by atoms with Gasteiger partial charge in [-0.2, -0.15) is 4.99 Å². The van der Waals surface area contributed by atoms with Crippen molar-refractivity contribution in [3.63, 3.8) is 0 Å².